The van der Waals surface area contributed by atoms with Crippen molar-refractivity contribution in [2.24, 2.45) is 10.7 Å². The molecule has 0 fully saturated rings. The Bertz CT molecular complexity index is 389. The van der Waals surface area contributed by atoms with Gasteiger partial charge in [-0.1, -0.05) is 12.1 Å². The van der Waals surface area contributed by atoms with Crippen molar-refractivity contribution in [1.82, 2.24) is 0 Å². The highest BCUT2D eigenvalue weighted by atomic mass is 19.1. The fourth-order valence-electron chi connectivity index (χ4n) is 1.18. The van der Waals surface area contributed by atoms with Gasteiger partial charge in [-0.3, -0.25) is 4.99 Å². The largest absolute Gasteiger partial charge is 0.383 e. The van der Waals surface area contributed by atoms with Gasteiger partial charge in [0.15, 0.2) is 0 Å². The number of benzene rings is 1. The first-order valence-corrected chi connectivity index (χ1v) is 4.91. The van der Waals surface area contributed by atoms with E-state index in [9.17, 15) is 4.39 Å². The van der Waals surface area contributed by atoms with Gasteiger partial charge in [0.25, 0.3) is 0 Å². The van der Waals surface area contributed by atoms with Crippen LogP contribution in [0, 0.1) is 12.7 Å². The maximum atomic E-state index is 13.3. The molecule has 0 aliphatic rings. The van der Waals surface area contributed by atoms with E-state index in [1.54, 1.807) is 19.1 Å². The standard InChI is InChI=1S/C12H17FN2/c1-8-5-6-9(7-10(8)13)11(14)15-12(2,3)4/h5-7H,1-4H3,(H2,14,15). The SMILES string of the molecule is Cc1ccc(C(N)=NC(C)(C)C)cc1F. The number of halogens is 1. The van der Waals surface area contributed by atoms with E-state index in [0.29, 0.717) is 17.0 Å². The predicted octanol–water partition coefficient (Wildman–Crippen LogP) is 2.64. The highest BCUT2D eigenvalue weighted by Gasteiger charge is 2.10. The van der Waals surface area contributed by atoms with Crippen molar-refractivity contribution >= 4 is 5.84 Å². The Hall–Kier alpha value is -1.38. The van der Waals surface area contributed by atoms with E-state index in [-0.39, 0.29) is 11.4 Å². The average Bonchev–Trinajstić information content (AvgIpc) is 2.06. The summed E-state index contributed by atoms with van der Waals surface area (Å²) in [6, 6.07) is 4.90. The van der Waals surface area contributed by atoms with Gasteiger partial charge in [-0.25, -0.2) is 4.39 Å². The van der Waals surface area contributed by atoms with Gasteiger partial charge in [0.2, 0.25) is 0 Å². The molecule has 0 aliphatic heterocycles. The Morgan fingerprint density at radius 3 is 2.40 bits per heavy atom. The zero-order chi connectivity index (χ0) is 11.6. The van der Waals surface area contributed by atoms with Crippen LogP contribution in [0.5, 0.6) is 0 Å². The first-order valence-electron chi connectivity index (χ1n) is 4.91. The summed E-state index contributed by atoms with van der Waals surface area (Å²) in [5.74, 6) is 0.126. The van der Waals surface area contributed by atoms with Crippen molar-refractivity contribution in [2.75, 3.05) is 0 Å². The topological polar surface area (TPSA) is 38.4 Å². The van der Waals surface area contributed by atoms with Crippen LogP contribution < -0.4 is 5.73 Å². The number of nitrogens with zero attached hydrogens (tertiary/aromatic N) is 1. The normalized spacial score (nSPS) is 13.0. The third kappa shape index (κ3) is 3.35. The molecule has 1 aromatic rings. The fourth-order valence-corrected chi connectivity index (χ4v) is 1.18. The summed E-state index contributed by atoms with van der Waals surface area (Å²) in [5, 5.41) is 0. The summed E-state index contributed by atoms with van der Waals surface area (Å²) in [6.07, 6.45) is 0. The monoisotopic (exact) mass is 208 g/mol. The molecular weight excluding hydrogens is 191 g/mol. The predicted molar refractivity (Wildman–Crippen MR) is 61.6 cm³/mol. The van der Waals surface area contributed by atoms with Crippen LogP contribution in [0.15, 0.2) is 23.2 Å². The lowest BCUT2D eigenvalue weighted by Crippen LogP contribution is -2.21. The van der Waals surface area contributed by atoms with E-state index >= 15 is 0 Å². The zero-order valence-corrected chi connectivity index (χ0v) is 9.63. The minimum absolute atomic E-state index is 0.245. The van der Waals surface area contributed by atoms with Crippen molar-refractivity contribution in [3.05, 3.63) is 35.1 Å². The smallest absolute Gasteiger partial charge is 0.126 e. The highest BCUT2D eigenvalue weighted by Crippen LogP contribution is 2.12. The van der Waals surface area contributed by atoms with Gasteiger partial charge in [0, 0.05) is 5.56 Å². The van der Waals surface area contributed by atoms with Gasteiger partial charge in [0.1, 0.15) is 11.7 Å². The first kappa shape index (κ1) is 11.7. The third-order valence-electron chi connectivity index (χ3n) is 1.92. The Labute approximate surface area is 90.0 Å². The second-order valence-corrected chi connectivity index (χ2v) is 4.63. The van der Waals surface area contributed by atoms with E-state index in [1.165, 1.54) is 6.07 Å². The van der Waals surface area contributed by atoms with Crippen molar-refractivity contribution in [3.63, 3.8) is 0 Å². The second kappa shape index (κ2) is 4.01. The van der Waals surface area contributed by atoms with Crippen LogP contribution in [0.4, 0.5) is 4.39 Å². The van der Waals surface area contributed by atoms with E-state index in [1.807, 2.05) is 20.8 Å². The molecule has 15 heavy (non-hydrogen) atoms. The average molecular weight is 208 g/mol. The maximum absolute atomic E-state index is 13.3. The molecule has 2 N–H and O–H groups in total. The molecule has 82 valence electrons. The van der Waals surface area contributed by atoms with Crippen LogP contribution in [-0.2, 0) is 0 Å². The molecule has 1 rings (SSSR count). The molecule has 0 saturated carbocycles. The van der Waals surface area contributed by atoms with Gasteiger partial charge in [-0.05, 0) is 39.3 Å². The maximum Gasteiger partial charge on any atom is 0.126 e. The minimum Gasteiger partial charge on any atom is -0.383 e. The number of hydrogen-bond acceptors (Lipinski definition) is 1. The van der Waals surface area contributed by atoms with Crippen molar-refractivity contribution < 1.29 is 4.39 Å². The molecule has 0 amide bonds. The molecule has 0 unspecified atom stereocenters. The number of rotatable bonds is 1. The molecule has 0 aromatic heterocycles. The van der Waals surface area contributed by atoms with Crippen molar-refractivity contribution in [2.45, 2.75) is 33.2 Å². The van der Waals surface area contributed by atoms with Crippen LogP contribution in [0.2, 0.25) is 0 Å². The molecule has 0 heterocycles. The van der Waals surface area contributed by atoms with Crippen LogP contribution in [-0.4, -0.2) is 11.4 Å². The molecular formula is C12H17FN2. The van der Waals surface area contributed by atoms with E-state index < -0.39 is 0 Å². The molecule has 3 heteroatoms. The van der Waals surface area contributed by atoms with Crippen LogP contribution >= 0.6 is 0 Å². The molecule has 0 atom stereocenters. The second-order valence-electron chi connectivity index (χ2n) is 4.63. The van der Waals surface area contributed by atoms with Crippen molar-refractivity contribution in [1.29, 1.82) is 0 Å². The van der Waals surface area contributed by atoms with Gasteiger partial charge < -0.3 is 5.73 Å². The quantitative estimate of drug-likeness (QED) is 0.559. The minimum atomic E-state index is -0.250. The Balaban J connectivity index is 3.07. The van der Waals surface area contributed by atoms with Crippen LogP contribution in [0.3, 0.4) is 0 Å². The van der Waals surface area contributed by atoms with E-state index in [2.05, 4.69) is 4.99 Å². The summed E-state index contributed by atoms with van der Waals surface area (Å²) in [4.78, 5) is 4.28. The Kier molecular flexibility index (Phi) is 3.12. The lowest BCUT2D eigenvalue weighted by Gasteiger charge is -2.13. The third-order valence-corrected chi connectivity index (χ3v) is 1.92. The highest BCUT2D eigenvalue weighted by molar-refractivity contribution is 5.97. The Morgan fingerprint density at radius 2 is 1.93 bits per heavy atom. The summed E-state index contributed by atoms with van der Waals surface area (Å²) < 4.78 is 13.3. The van der Waals surface area contributed by atoms with E-state index in [0.717, 1.165) is 0 Å². The lowest BCUT2D eigenvalue weighted by molar-refractivity contribution is 0.583. The van der Waals surface area contributed by atoms with Gasteiger partial charge in [-0.15, -0.1) is 0 Å². The molecule has 1 aromatic carbocycles. The molecule has 2 nitrogen and oxygen atoms in total. The van der Waals surface area contributed by atoms with Crippen molar-refractivity contribution in [3.8, 4) is 0 Å². The molecule has 0 spiro atoms. The summed E-state index contributed by atoms with van der Waals surface area (Å²) in [6.45, 7) is 7.56. The first-order chi connectivity index (χ1) is 6.79. The lowest BCUT2D eigenvalue weighted by atomic mass is 10.1. The molecule has 0 saturated heterocycles. The van der Waals surface area contributed by atoms with Crippen LogP contribution in [0.1, 0.15) is 31.9 Å². The zero-order valence-electron chi connectivity index (χ0n) is 9.63. The summed E-state index contributed by atoms with van der Waals surface area (Å²) in [5.41, 5.74) is 6.78. The number of amidine groups is 1. The Morgan fingerprint density at radius 1 is 1.33 bits per heavy atom. The molecule has 0 radical (unpaired) electrons. The molecule has 0 bridgehead atoms. The summed E-state index contributed by atoms with van der Waals surface area (Å²) >= 11 is 0. The molecule has 0 aliphatic carbocycles. The fraction of sp³-hybridized carbons (Fsp3) is 0.417. The van der Waals surface area contributed by atoms with Gasteiger partial charge >= 0.3 is 0 Å². The van der Waals surface area contributed by atoms with Crippen LogP contribution in [0.25, 0.3) is 0 Å². The number of aliphatic imine (C=N–C) groups is 1. The van der Waals surface area contributed by atoms with Gasteiger partial charge in [-0.2, -0.15) is 0 Å². The number of hydrogen-bond donors (Lipinski definition) is 1. The van der Waals surface area contributed by atoms with Gasteiger partial charge in [0.05, 0.1) is 5.54 Å². The number of nitrogens with two attached hydrogens (primary N) is 1. The summed E-state index contributed by atoms with van der Waals surface area (Å²) in [7, 11) is 0. The number of aryl methyl sites for hydroxylation is 1. The van der Waals surface area contributed by atoms with E-state index in [4.69, 9.17) is 5.73 Å².